The molecular weight excluding hydrogens is 442 g/mol. The molecule has 3 rings (SSSR count). The Kier molecular flexibility index (Phi) is 6.59. The molecule has 2 aromatic heterocycles. The molecule has 0 aliphatic heterocycles. The van der Waals surface area contributed by atoms with E-state index in [0.29, 0.717) is 5.69 Å². The SMILES string of the molecule is COC(=O)c1ccc(-n2cccc2)cc1S(=O)(=O)NC(=O)Nc1nc(OC)cc(OC)n1. The molecule has 12 nitrogen and oxygen atoms in total. The Morgan fingerprint density at radius 1 is 0.969 bits per heavy atom. The van der Waals surface area contributed by atoms with Crippen LogP contribution in [0.4, 0.5) is 10.7 Å². The lowest BCUT2D eigenvalue weighted by Crippen LogP contribution is -2.35. The van der Waals surface area contributed by atoms with Crippen molar-refractivity contribution in [3.63, 3.8) is 0 Å². The van der Waals surface area contributed by atoms with Gasteiger partial charge in [-0.3, -0.25) is 5.32 Å². The van der Waals surface area contributed by atoms with Gasteiger partial charge in [-0.05, 0) is 30.3 Å². The van der Waals surface area contributed by atoms with Crippen molar-refractivity contribution in [1.82, 2.24) is 19.3 Å². The summed E-state index contributed by atoms with van der Waals surface area (Å²) in [5.41, 5.74) is 0.201. The van der Waals surface area contributed by atoms with Gasteiger partial charge in [-0.15, -0.1) is 0 Å². The van der Waals surface area contributed by atoms with Crippen LogP contribution in [0, 0.1) is 0 Å². The third-order valence-corrected chi connectivity index (χ3v) is 5.48. The van der Waals surface area contributed by atoms with Crippen LogP contribution in [-0.4, -0.2) is 56.3 Å². The van der Waals surface area contributed by atoms with Gasteiger partial charge in [0.1, 0.15) is 4.90 Å². The van der Waals surface area contributed by atoms with E-state index in [1.54, 1.807) is 35.2 Å². The van der Waals surface area contributed by atoms with Crippen LogP contribution in [0.1, 0.15) is 10.4 Å². The van der Waals surface area contributed by atoms with Gasteiger partial charge in [-0.1, -0.05) is 0 Å². The lowest BCUT2D eigenvalue weighted by atomic mass is 10.2. The van der Waals surface area contributed by atoms with Gasteiger partial charge in [0, 0.05) is 18.1 Å². The van der Waals surface area contributed by atoms with Gasteiger partial charge in [0.2, 0.25) is 17.7 Å². The highest BCUT2D eigenvalue weighted by Crippen LogP contribution is 2.22. The van der Waals surface area contributed by atoms with Gasteiger partial charge in [0.15, 0.2) is 0 Å². The molecule has 13 heteroatoms. The summed E-state index contributed by atoms with van der Waals surface area (Å²) in [5, 5.41) is 2.19. The zero-order chi connectivity index (χ0) is 23.3. The Labute approximate surface area is 183 Å². The van der Waals surface area contributed by atoms with Crippen molar-refractivity contribution in [2.45, 2.75) is 4.90 Å². The van der Waals surface area contributed by atoms with Crippen LogP contribution in [0.3, 0.4) is 0 Å². The number of carbonyl (C=O) groups excluding carboxylic acids is 2. The van der Waals surface area contributed by atoms with Crippen LogP contribution in [0.25, 0.3) is 5.69 Å². The van der Waals surface area contributed by atoms with E-state index in [2.05, 4.69) is 20.0 Å². The van der Waals surface area contributed by atoms with Crippen molar-refractivity contribution in [3.05, 3.63) is 54.4 Å². The maximum atomic E-state index is 13.0. The number of methoxy groups -OCH3 is 3. The van der Waals surface area contributed by atoms with Crippen LogP contribution in [0.5, 0.6) is 11.8 Å². The number of nitrogens with zero attached hydrogens (tertiary/aromatic N) is 3. The predicted molar refractivity (Wildman–Crippen MR) is 112 cm³/mol. The standard InChI is InChI=1S/C19H19N5O7S/c1-29-15-11-16(30-2)21-18(20-15)22-19(26)23-32(27,28)14-10-12(24-8-4-5-9-24)6-7-13(14)17(25)31-3/h4-11H,1-3H3,(H2,20,21,22,23,26). The average molecular weight is 461 g/mol. The molecule has 2 amide bonds. The highest BCUT2D eigenvalue weighted by atomic mass is 32.2. The Hall–Kier alpha value is -4.13. The van der Waals surface area contributed by atoms with E-state index < -0.39 is 26.9 Å². The van der Waals surface area contributed by atoms with Gasteiger partial charge in [-0.25, -0.2) is 22.7 Å². The van der Waals surface area contributed by atoms with Crippen LogP contribution in [-0.2, 0) is 14.8 Å². The van der Waals surface area contributed by atoms with E-state index in [4.69, 9.17) is 9.47 Å². The summed E-state index contributed by atoms with van der Waals surface area (Å²) in [5.74, 6) is -0.973. The number of nitrogens with one attached hydrogen (secondary N) is 2. The zero-order valence-electron chi connectivity index (χ0n) is 17.2. The number of hydrogen-bond acceptors (Lipinski definition) is 9. The van der Waals surface area contributed by atoms with Gasteiger partial charge < -0.3 is 18.8 Å². The molecule has 0 spiro atoms. The first-order valence-corrected chi connectivity index (χ1v) is 10.4. The quantitative estimate of drug-likeness (QED) is 0.500. The van der Waals surface area contributed by atoms with Gasteiger partial charge >= 0.3 is 12.0 Å². The molecule has 168 valence electrons. The monoisotopic (exact) mass is 461 g/mol. The Morgan fingerprint density at radius 3 is 2.16 bits per heavy atom. The molecule has 32 heavy (non-hydrogen) atoms. The molecule has 0 saturated carbocycles. The number of urea groups is 1. The number of amides is 2. The van der Waals surface area contributed by atoms with Gasteiger partial charge in [-0.2, -0.15) is 9.97 Å². The lowest BCUT2D eigenvalue weighted by molar-refractivity contribution is 0.0596. The van der Waals surface area contributed by atoms with E-state index >= 15 is 0 Å². The predicted octanol–water partition coefficient (Wildman–Crippen LogP) is 1.58. The van der Waals surface area contributed by atoms with E-state index in [0.717, 1.165) is 7.11 Å². The summed E-state index contributed by atoms with van der Waals surface area (Å²) >= 11 is 0. The number of carbonyl (C=O) groups is 2. The minimum absolute atomic E-state index is 0.0856. The van der Waals surface area contributed by atoms with Crippen LogP contribution in [0.15, 0.2) is 53.7 Å². The first kappa shape index (κ1) is 22.6. The van der Waals surface area contributed by atoms with Crippen molar-refractivity contribution >= 4 is 28.0 Å². The lowest BCUT2D eigenvalue weighted by Gasteiger charge is -2.13. The van der Waals surface area contributed by atoms with Crippen LogP contribution in [0.2, 0.25) is 0 Å². The summed E-state index contributed by atoms with van der Waals surface area (Å²) < 4.78 is 44.0. The Balaban J connectivity index is 1.92. The van der Waals surface area contributed by atoms with Crippen LogP contribution < -0.4 is 19.5 Å². The molecular formula is C19H19N5O7S. The van der Waals surface area contributed by atoms with Crippen molar-refractivity contribution in [2.24, 2.45) is 0 Å². The summed E-state index contributed by atoms with van der Waals surface area (Å²) in [6.45, 7) is 0. The number of anilines is 1. The highest BCUT2D eigenvalue weighted by molar-refractivity contribution is 7.90. The fourth-order valence-corrected chi connectivity index (χ4v) is 3.77. The summed E-state index contributed by atoms with van der Waals surface area (Å²) in [4.78, 5) is 31.8. The molecule has 0 unspecified atom stereocenters. The summed E-state index contributed by atoms with van der Waals surface area (Å²) in [6.07, 6.45) is 3.38. The molecule has 2 heterocycles. The highest BCUT2D eigenvalue weighted by Gasteiger charge is 2.26. The largest absolute Gasteiger partial charge is 0.481 e. The average Bonchev–Trinajstić information content (AvgIpc) is 3.32. The number of sulfonamides is 1. The molecule has 1 aromatic carbocycles. The molecule has 0 aliphatic rings. The van der Waals surface area contributed by atoms with Gasteiger partial charge in [0.25, 0.3) is 10.0 Å². The second-order valence-electron chi connectivity index (χ2n) is 6.10. The van der Waals surface area contributed by atoms with E-state index in [1.165, 1.54) is 32.4 Å². The molecule has 0 aliphatic carbocycles. The van der Waals surface area contributed by atoms with Gasteiger partial charge in [0.05, 0.1) is 33.0 Å². The first-order chi connectivity index (χ1) is 15.3. The minimum atomic E-state index is -4.50. The maximum absolute atomic E-state index is 13.0. The molecule has 2 N–H and O–H groups in total. The van der Waals surface area contributed by atoms with Crippen LogP contribution >= 0.6 is 0 Å². The van der Waals surface area contributed by atoms with E-state index in [9.17, 15) is 18.0 Å². The molecule has 0 saturated heterocycles. The van der Waals surface area contributed by atoms with E-state index in [1.807, 2.05) is 4.72 Å². The minimum Gasteiger partial charge on any atom is -0.481 e. The molecule has 3 aromatic rings. The number of hydrogen-bond donors (Lipinski definition) is 2. The van der Waals surface area contributed by atoms with E-state index in [-0.39, 0.29) is 23.3 Å². The molecule has 0 fully saturated rings. The fraction of sp³-hybridized carbons (Fsp3) is 0.158. The number of ether oxygens (including phenoxy) is 3. The third-order valence-electron chi connectivity index (χ3n) is 4.11. The van der Waals surface area contributed by atoms with Crippen molar-refractivity contribution < 1.29 is 32.2 Å². The number of esters is 1. The normalized spacial score (nSPS) is 10.8. The number of rotatable bonds is 7. The smallest absolute Gasteiger partial charge is 0.339 e. The molecule has 0 atom stereocenters. The topological polar surface area (TPSA) is 151 Å². The maximum Gasteiger partial charge on any atom is 0.339 e. The summed E-state index contributed by atoms with van der Waals surface area (Å²) in [7, 11) is -0.689. The second-order valence-corrected chi connectivity index (χ2v) is 7.75. The second kappa shape index (κ2) is 9.34. The van der Waals surface area contributed by atoms with Crippen molar-refractivity contribution in [2.75, 3.05) is 26.6 Å². The molecule has 0 bridgehead atoms. The third kappa shape index (κ3) is 4.95. The summed E-state index contributed by atoms with van der Waals surface area (Å²) in [6, 6.07) is 7.78. The number of aromatic nitrogens is 3. The zero-order valence-corrected chi connectivity index (χ0v) is 18.0. The fourth-order valence-electron chi connectivity index (χ4n) is 2.65. The first-order valence-electron chi connectivity index (χ1n) is 8.94. The van der Waals surface area contributed by atoms with Crippen molar-refractivity contribution in [1.29, 1.82) is 0 Å². The Morgan fingerprint density at radius 2 is 1.59 bits per heavy atom. The number of benzene rings is 1. The van der Waals surface area contributed by atoms with Crippen molar-refractivity contribution in [3.8, 4) is 17.4 Å². The Bertz CT molecular complexity index is 1220. The molecule has 0 radical (unpaired) electrons.